The van der Waals surface area contributed by atoms with Crippen LogP contribution in [0.4, 0.5) is 0 Å². The number of rotatable bonds is 5. The number of hydrogen-bond donors (Lipinski definition) is 2. The first-order chi connectivity index (χ1) is 15.0. The Balaban J connectivity index is 1.28. The zero-order valence-electron chi connectivity index (χ0n) is 19.6. The van der Waals surface area contributed by atoms with Gasteiger partial charge in [-0.1, -0.05) is 26.7 Å². The quantitative estimate of drug-likeness (QED) is 0.694. The van der Waals surface area contributed by atoms with Crippen molar-refractivity contribution in [1.29, 1.82) is 0 Å². The summed E-state index contributed by atoms with van der Waals surface area (Å²) in [7, 11) is 0. The van der Waals surface area contributed by atoms with Crippen LogP contribution < -0.4 is 10.6 Å². The highest BCUT2D eigenvalue weighted by molar-refractivity contribution is 5.82. The van der Waals surface area contributed by atoms with Gasteiger partial charge in [-0.15, -0.1) is 0 Å². The highest BCUT2D eigenvalue weighted by Crippen LogP contribution is 2.52. The Kier molecular flexibility index (Phi) is 6.06. The molecule has 0 aromatic rings. The maximum atomic E-state index is 13.6. The average molecular weight is 433 g/mol. The number of nitrogens with one attached hydrogen (secondary N) is 1. The number of carbonyl (C=O) groups is 2. The van der Waals surface area contributed by atoms with Gasteiger partial charge in [-0.05, 0) is 56.8 Å². The molecule has 5 fully saturated rings. The first-order valence-corrected chi connectivity index (χ1v) is 13.0. The molecule has 0 spiro atoms. The molecule has 5 rings (SSSR count). The average Bonchev–Trinajstić information content (AvgIpc) is 3.10. The third-order valence-corrected chi connectivity index (χ3v) is 9.15. The van der Waals surface area contributed by atoms with Crippen molar-refractivity contribution in [1.82, 2.24) is 10.2 Å². The molecule has 0 aromatic heterocycles. The van der Waals surface area contributed by atoms with Gasteiger partial charge in [-0.25, -0.2) is 0 Å². The molecule has 9 unspecified atom stereocenters. The molecule has 0 bridgehead atoms. The van der Waals surface area contributed by atoms with Crippen LogP contribution in [0.2, 0.25) is 0 Å². The fraction of sp³-hybridized carbons (Fsp3) is 0.920. The molecule has 0 radical (unpaired) electrons. The van der Waals surface area contributed by atoms with Gasteiger partial charge in [-0.3, -0.25) is 9.59 Å². The van der Waals surface area contributed by atoms with E-state index in [0.717, 1.165) is 25.7 Å². The molecule has 31 heavy (non-hydrogen) atoms. The van der Waals surface area contributed by atoms with E-state index in [1.165, 1.54) is 32.2 Å². The molecule has 6 nitrogen and oxygen atoms in total. The van der Waals surface area contributed by atoms with Gasteiger partial charge in [0.2, 0.25) is 11.8 Å². The lowest BCUT2D eigenvalue weighted by Gasteiger charge is -2.50. The number of carbonyl (C=O) groups excluding carboxylic acids is 2. The summed E-state index contributed by atoms with van der Waals surface area (Å²) in [4.78, 5) is 28.5. The standard InChI is InChI=1S/C25H41N3O3/c1-14(2)13-27-24(29)15(3)31-16-8-9-21-20(12-16)18-10-11-26-22-17-6-4-5-7-19(17)25(30)28(21)23(18)22/h14-23,26H,4-13H2,1-3H3,(H,27,29)/p+1. The summed E-state index contributed by atoms with van der Waals surface area (Å²) in [5, 5.41) is 5.60. The predicted molar refractivity (Wildman–Crippen MR) is 118 cm³/mol. The van der Waals surface area contributed by atoms with Crippen LogP contribution in [0.15, 0.2) is 0 Å². The zero-order valence-corrected chi connectivity index (χ0v) is 19.6. The van der Waals surface area contributed by atoms with Crippen molar-refractivity contribution >= 4 is 11.8 Å². The number of nitrogens with two attached hydrogens (primary N) is 1. The largest absolute Gasteiger partial charge is 0.365 e. The molecule has 2 amide bonds. The normalized spacial score (nSPS) is 42.6. The minimum Gasteiger partial charge on any atom is -0.365 e. The molecule has 2 aliphatic carbocycles. The van der Waals surface area contributed by atoms with Crippen molar-refractivity contribution in [3.8, 4) is 0 Å². The monoisotopic (exact) mass is 432 g/mol. The lowest BCUT2D eigenvalue weighted by atomic mass is 9.66. The Morgan fingerprint density at radius 3 is 2.71 bits per heavy atom. The molecule has 9 atom stereocenters. The number of ether oxygens (including phenoxy) is 1. The number of amides is 2. The summed E-state index contributed by atoms with van der Waals surface area (Å²) in [5.74, 6) is 2.99. The predicted octanol–water partition coefficient (Wildman–Crippen LogP) is 1.68. The molecular weight excluding hydrogens is 390 g/mol. The number of hydrogen-bond acceptors (Lipinski definition) is 3. The van der Waals surface area contributed by atoms with Crippen molar-refractivity contribution in [3.63, 3.8) is 0 Å². The Morgan fingerprint density at radius 1 is 1.10 bits per heavy atom. The lowest BCUT2D eigenvalue weighted by molar-refractivity contribution is -0.713. The summed E-state index contributed by atoms with van der Waals surface area (Å²) in [6, 6.07) is 1.47. The van der Waals surface area contributed by atoms with E-state index in [9.17, 15) is 9.59 Å². The molecule has 174 valence electrons. The Hall–Kier alpha value is -1.14. The fourth-order valence-electron chi connectivity index (χ4n) is 7.89. The second kappa shape index (κ2) is 8.66. The van der Waals surface area contributed by atoms with Crippen LogP contribution >= 0.6 is 0 Å². The number of fused-ring (bicyclic) bond motifs is 5. The maximum Gasteiger partial charge on any atom is 0.248 e. The number of quaternary nitrogens is 1. The van der Waals surface area contributed by atoms with E-state index in [1.54, 1.807) is 0 Å². The molecule has 5 aliphatic rings. The summed E-state index contributed by atoms with van der Waals surface area (Å²) in [6.07, 6.45) is 8.86. The van der Waals surface area contributed by atoms with Crippen molar-refractivity contribution in [2.24, 2.45) is 29.6 Å². The van der Waals surface area contributed by atoms with E-state index in [4.69, 9.17) is 4.74 Å². The van der Waals surface area contributed by atoms with E-state index >= 15 is 0 Å². The van der Waals surface area contributed by atoms with E-state index in [1.807, 2.05) is 6.92 Å². The number of piperidine rings is 2. The Morgan fingerprint density at radius 2 is 1.90 bits per heavy atom. The first kappa shape index (κ1) is 21.7. The zero-order chi connectivity index (χ0) is 21.7. The Labute approximate surface area is 187 Å². The van der Waals surface area contributed by atoms with Gasteiger partial charge in [0.15, 0.2) is 0 Å². The van der Waals surface area contributed by atoms with Crippen LogP contribution in [-0.2, 0) is 14.3 Å². The van der Waals surface area contributed by atoms with E-state index in [2.05, 4.69) is 29.4 Å². The molecule has 3 heterocycles. The van der Waals surface area contributed by atoms with Gasteiger partial charge in [-0.2, -0.15) is 0 Å². The minimum atomic E-state index is -0.402. The first-order valence-electron chi connectivity index (χ1n) is 13.0. The highest BCUT2D eigenvalue weighted by atomic mass is 16.5. The van der Waals surface area contributed by atoms with Crippen molar-refractivity contribution < 1.29 is 19.6 Å². The molecule has 3 N–H and O–H groups in total. The van der Waals surface area contributed by atoms with Crippen LogP contribution in [0.25, 0.3) is 0 Å². The van der Waals surface area contributed by atoms with E-state index in [-0.39, 0.29) is 17.9 Å². The van der Waals surface area contributed by atoms with E-state index in [0.29, 0.717) is 54.2 Å². The lowest BCUT2D eigenvalue weighted by Crippen LogP contribution is -2.98. The van der Waals surface area contributed by atoms with Gasteiger partial charge in [0.05, 0.1) is 18.7 Å². The van der Waals surface area contributed by atoms with Gasteiger partial charge in [0.25, 0.3) is 0 Å². The molecule has 0 aromatic carbocycles. The van der Waals surface area contributed by atoms with Crippen LogP contribution in [-0.4, -0.2) is 60.1 Å². The molecule has 6 heteroatoms. The SMILES string of the molecule is CC(C)CNC(=O)C(C)OC1CCC2C(C1)C1CC[NH2+]C3C4CCCCC4C(=O)N2C13. The molecule has 3 saturated heterocycles. The van der Waals surface area contributed by atoms with Crippen molar-refractivity contribution in [2.75, 3.05) is 13.1 Å². The van der Waals surface area contributed by atoms with E-state index < -0.39 is 6.10 Å². The van der Waals surface area contributed by atoms with Crippen LogP contribution in [0.1, 0.15) is 72.1 Å². The van der Waals surface area contributed by atoms with Crippen molar-refractivity contribution in [2.45, 2.75) is 102 Å². The summed E-state index contributed by atoms with van der Waals surface area (Å²) in [5.41, 5.74) is 0. The highest BCUT2D eigenvalue weighted by Gasteiger charge is 2.63. The fourth-order valence-corrected chi connectivity index (χ4v) is 7.89. The third-order valence-electron chi connectivity index (χ3n) is 9.15. The summed E-state index contributed by atoms with van der Waals surface area (Å²) in [6.45, 7) is 8.00. The Bertz CT molecular complexity index is 697. The minimum absolute atomic E-state index is 0.00579. The van der Waals surface area contributed by atoms with Crippen LogP contribution in [0.3, 0.4) is 0 Å². The smallest absolute Gasteiger partial charge is 0.248 e. The van der Waals surface area contributed by atoms with Crippen LogP contribution in [0, 0.1) is 29.6 Å². The second-order valence-electron chi connectivity index (χ2n) is 11.4. The maximum absolute atomic E-state index is 13.6. The summed E-state index contributed by atoms with van der Waals surface area (Å²) >= 11 is 0. The van der Waals surface area contributed by atoms with Crippen molar-refractivity contribution in [3.05, 3.63) is 0 Å². The summed E-state index contributed by atoms with van der Waals surface area (Å²) < 4.78 is 6.28. The van der Waals surface area contributed by atoms with Gasteiger partial charge in [0, 0.05) is 30.8 Å². The topological polar surface area (TPSA) is 75.2 Å². The van der Waals surface area contributed by atoms with Gasteiger partial charge >= 0.3 is 0 Å². The van der Waals surface area contributed by atoms with Gasteiger partial charge < -0.3 is 20.3 Å². The van der Waals surface area contributed by atoms with Gasteiger partial charge in [0.1, 0.15) is 12.1 Å². The molecule has 3 aliphatic heterocycles. The number of nitrogens with zero attached hydrogens (tertiary/aromatic N) is 1. The third kappa shape index (κ3) is 3.82. The van der Waals surface area contributed by atoms with Crippen LogP contribution in [0.5, 0.6) is 0 Å². The molecular formula is C25H42N3O3+. The second-order valence-corrected chi connectivity index (χ2v) is 11.4. The molecule has 2 saturated carbocycles.